The Bertz CT molecular complexity index is 241. The van der Waals surface area contributed by atoms with Crippen LogP contribution in [-0.2, 0) is 39.1 Å². The average Bonchev–Trinajstić information content (AvgIpc) is 2.05. The zero-order chi connectivity index (χ0) is 8.27. The molecule has 14 heavy (non-hydrogen) atoms. The van der Waals surface area contributed by atoms with E-state index in [0.717, 1.165) is 5.56 Å². The zero-order valence-corrected chi connectivity index (χ0v) is 9.61. The summed E-state index contributed by atoms with van der Waals surface area (Å²) in [5.41, 5.74) is 1.53. The van der Waals surface area contributed by atoms with Crippen LogP contribution >= 0.6 is 0 Å². The van der Waals surface area contributed by atoms with Crippen LogP contribution in [0.25, 0.3) is 0 Å². The molecule has 1 rings (SSSR count). The summed E-state index contributed by atoms with van der Waals surface area (Å²) in [7, 11) is -1.37. The molecule has 1 radical (unpaired) electrons. The van der Waals surface area contributed by atoms with Crippen LogP contribution < -0.4 is 5.46 Å². The van der Waals surface area contributed by atoms with Crippen molar-refractivity contribution in [1.82, 2.24) is 0 Å². The molecule has 0 heterocycles. The van der Waals surface area contributed by atoms with E-state index >= 15 is 0 Å². The molecule has 0 amide bonds. The maximum absolute atomic E-state index is 8.78. The molecule has 0 aliphatic carbocycles. The second kappa shape index (κ2) is 9.85. The second-order valence-corrected chi connectivity index (χ2v) is 2.37. The molecule has 1 aromatic rings. The Morgan fingerprint density at radius 2 is 1.79 bits per heavy atom. The molecule has 0 bridgehead atoms. The summed E-state index contributed by atoms with van der Waals surface area (Å²) in [5.74, 6) is 0. The van der Waals surface area contributed by atoms with Crippen molar-refractivity contribution in [3.05, 3.63) is 36.8 Å². The molecule has 0 aliphatic rings. The van der Waals surface area contributed by atoms with Crippen LogP contribution in [0.15, 0.2) is 24.3 Å². The number of hydrogen-bond acceptors (Lipinski definition) is 2. The van der Waals surface area contributed by atoms with Crippen LogP contribution in [0.1, 0.15) is 20.4 Å². The third-order valence-corrected chi connectivity index (χ3v) is 1.54. The molecule has 0 atom stereocenters. The largest absolute Gasteiger partial charge is 0.488 e. The van der Waals surface area contributed by atoms with Crippen molar-refractivity contribution >= 4 is 12.6 Å². The fraction of sp³-hybridized carbons (Fsp3) is 0.300. The Morgan fingerprint density at radius 1 is 1.21 bits per heavy atom. The van der Waals surface area contributed by atoms with Gasteiger partial charge in [0.25, 0.3) is 0 Å². The summed E-state index contributed by atoms with van der Waals surface area (Å²) in [6.07, 6.45) is 0.667. The Balaban J connectivity index is -0.000000403. The zero-order valence-electron chi connectivity index (χ0n) is 6.77. The van der Waals surface area contributed by atoms with Crippen LogP contribution in [0.3, 0.4) is 0 Å². The summed E-state index contributed by atoms with van der Waals surface area (Å²) in [5, 5.41) is 17.6. The van der Waals surface area contributed by atoms with E-state index in [4.69, 9.17) is 10.0 Å². The topological polar surface area (TPSA) is 40.5 Å². The van der Waals surface area contributed by atoms with Gasteiger partial charge in [-0.15, -0.1) is 0 Å². The standard InChI is InChI=1S/C8H10BO2.2CH4.Y/c1-2-7-4-3-5-8(6-7)9(10)11;;;/h3-6,10-11H,1-2H2;2*1H4;/q-1;;;. The van der Waals surface area contributed by atoms with Gasteiger partial charge in [0.1, 0.15) is 0 Å². The Morgan fingerprint density at radius 3 is 2.21 bits per heavy atom. The second-order valence-electron chi connectivity index (χ2n) is 2.37. The van der Waals surface area contributed by atoms with Crippen molar-refractivity contribution in [3.63, 3.8) is 0 Å². The normalized spacial score (nSPS) is 7.64. The molecule has 0 spiro atoms. The monoisotopic (exact) mass is 270 g/mol. The maximum Gasteiger partial charge on any atom is 0.488 e. The van der Waals surface area contributed by atoms with Gasteiger partial charge in [0.15, 0.2) is 0 Å². The van der Waals surface area contributed by atoms with E-state index in [1.165, 1.54) is 0 Å². The van der Waals surface area contributed by atoms with Crippen molar-refractivity contribution in [1.29, 1.82) is 0 Å². The van der Waals surface area contributed by atoms with Crippen molar-refractivity contribution in [2.75, 3.05) is 0 Å². The van der Waals surface area contributed by atoms with Gasteiger partial charge >= 0.3 is 7.12 Å². The van der Waals surface area contributed by atoms with Crippen LogP contribution in [0.5, 0.6) is 0 Å². The summed E-state index contributed by atoms with van der Waals surface area (Å²) < 4.78 is 0. The van der Waals surface area contributed by atoms with Gasteiger partial charge in [-0.25, -0.2) is 0 Å². The predicted octanol–water partition coefficient (Wildman–Crippen LogP) is 1.01. The van der Waals surface area contributed by atoms with Gasteiger partial charge in [0, 0.05) is 32.7 Å². The van der Waals surface area contributed by atoms with Gasteiger partial charge in [0.2, 0.25) is 0 Å². The molecule has 0 fully saturated rings. The number of rotatable bonds is 2. The molecular formula is C10H18BO2Y-. The smallest absolute Gasteiger partial charge is 0.423 e. The van der Waals surface area contributed by atoms with E-state index in [9.17, 15) is 0 Å². The molecule has 4 heteroatoms. The third kappa shape index (κ3) is 5.92. The van der Waals surface area contributed by atoms with Crippen molar-refractivity contribution in [2.24, 2.45) is 0 Å². The first kappa shape index (κ1) is 19.8. The molecule has 0 saturated carbocycles. The minimum absolute atomic E-state index is 0. The molecule has 2 nitrogen and oxygen atoms in total. The van der Waals surface area contributed by atoms with Crippen molar-refractivity contribution in [3.8, 4) is 0 Å². The van der Waals surface area contributed by atoms with E-state index in [0.29, 0.717) is 11.9 Å². The van der Waals surface area contributed by atoms with Gasteiger partial charge in [-0.1, -0.05) is 44.7 Å². The van der Waals surface area contributed by atoms with Crippen molar-refractivity contribution in [2.45, 2.75) is 21.3 Å². The van der Waals surface area contributed by atoms with Gasteiger partial charge in [0.05, 0.1) is 0 Å². The Hall–Kier alpha value is 0.309. The fourth-order valence-corrected chi connectivity index (χ4v) is 0.909. The Kier molecular flexibility index (Phi) is 13.9. The van der Waals surface area contributed by atoms with Crippen LogP contribution in [-0.4, -0.2) is 17.2 Å². The molecule has 0 saturated heterocycles. The van der Waals surface area contributed by atoms with Crippen LogP contribution in [0, 0.1) is 6.92 Å². The molecular weight excluding hydrogens is 252 g/mol. The minimum atomic E-state index is -1.37. The van der Waals surface area contributed by atoms with Crippen LogP contribution in [0.4, 0.5) is 0 Å². The quantitative estimate of drug-likeness (QED) is 0.622. The summed E-state index contributed by atoms with van der Waals surface area (Å²) in [6.45, 7) is 3.69. The van der Waals surface area contributed by atoms with Gasteiger partial charge in [-0.05, 0) is 5.46 Å². The summed E-state index contributed by atoms with van der Waals surface area (Å²) in [4.78, 5) is 0. The van der Waals surface area contributed by atoms with E-state index in [2.05, 4.69) is 6.92 Å². The van der Waals surface area contributed by atoms with Gasteiger partial charge < -0.3 is 17.0 Å². The van der Waals surface area contributed by atoms with E-state index in [-0.39, 0.29) is 47.6 Å². The molecule has 1 aromatic carbocycles. The summed E-state index contributed by atoms with van der Waals surface area (Å²) >= 11 is 0. The summed E-state index contributed by atoms with van der Waals surface area (Å²) in [6, 6.07) is 7.09. The molecule has 0 aliphatic heterocycles. The molecule has 2 N–H and O–H groups in total. The first-order valence-electron chi connectivity index (χ1n) is 3.48. The first-order valence-corrected chi connectivity index (χ1v) is 3.48. The molecule has 0 aromatic heterocycles. The van der Waals surface area contributed by atoms with E-state index in [1.54, 1.807) is 18.2 Å². The first-order chi connectivity index (χ1) is 5.24. The van der Waals surface area contributed by atoms with Crippen LogP contribution in [0.2, 0.25) is 0 Å². The average molecular weight is 270 g/mol. The van der Waals surface area contributed by atoms with Gasteiger partial charge in [-0.3, -0.25) is 0 Å². The Labute approximate surface area is 113 Å². The predicted molar refractivity (Wildman–Crippen MR) is 58.8 cm³/mol. The van der Waals surface area contributed by atoms with Gasteiger partial charge in [-0.2, -0.15) is 6.42 Å². The minimum Gasteiger partial charge on any atom is -0.423 e. The third-order valence-electron chi connectivity index (χ3n) is 1.54. The molecule has 0 unspecified atom stereocenters. The van der Waals surface area contributed by atoms with E-state index in [1.807, 2.05) is 6.07 Å². The molecule has 77 valence electrons. The number of benzene rings is 1. The SMILES string of the molecule is C.C.[CH2-]Cc1cccc(B(O)O)c1.[Y]. The fourth-order valence-electron chi connectivity index (χ4n) is 0.909. The van der Waals surface area contributed by atoms with Crippen molar-refractivity contribution < 1.29 is 42.8 Å². The number of hydrogen-bond donors (Lipinski definition) is 2. The maximum atomic E-state index is 8.78. The van der Waals surface area contributed by atoms with E-state index < -0.39 is 7.12 Å².